The zero-order valence-electron chi connectivity index (χ0n) is 20.9. The van der Waals surface area contributed by atoms with Crippen molar-refractivity contribution in [1.29, 1.82) is 0 Å². The second-order valence-corrected chi connectivity index (χ2v) is 12.5. The number of aromatic nitrogens is 1. The molecule has 1 aromatic heterocycles. The van der Waals surface area contributed by atoms with Gasteiger partial charge >= 0.3 is 0 Å². The minimum atomic E-state index is -3.56. The molecule has 1 fully saturated rings. The topological polar surface area (TPSA) is 73.8 Å². The van der Waals surface area contributed by atoms with Crippen LogP contribution >= 0.6 is 11.3 Å². The van der Waals surface area contributed by atoms with Crippen LogP contribution in [0.15, 0.2) is 47.4 Å². The first-order valence-electron chi connectivity index (χ1n) is 12.2. The number of carbonyl (C=O) groups excluding carboxylic acids is 1. The first-order valence-corrected chi connectivity index (χ1v) is 14.4. The summed E-state index contributed by atoms with van der Waals surface area (Å²) >= 11 is 1.51. The molecule has 7 nitrogen and oxygen atoms in total. The predicted molar refractivity (Wildman–Crippen MR) is 143 cm³/mol. The third kappa shape index (κ3) is 5.74. The summed E-state index contributed by atoms with van der Waals surface area (Å²) in [7, 11) is 0.372. The molecule has 0 radical (unpaired) electrons. The molecule has 3 aromatic rings. The summed E-state index contributed by atoms with van der Waals surface area (Å²) in [6.07, 6.45) is 2.87. The van der Waals surface area contributed by atoms with Gasteiger partial charge in [-0.1, -0.05) is 31.3 Å². The van der Waals surface area contributed by atoms with E-state index in [-0.39, 0.29) is 10.8 Å². The lowest BCUT2D eigenvalue weighted by Gasteiger charge is -2.30. The Morgan fingerprint density at radius 2 is 1.89 bits per heavy atom. The molecule has 1 aliphatic rings. The van der Waals surface area contributed by atoms with Crippen LogP contribution in [-0.2, 0) is 16.4 Å². The minimum Gasteiger partial charge on any atom is -0.308 e. The molecule has 1 saturated heterocycles. The second-order valence-electron chi connectivity index (χ2n) is 9.55. The van der Waals surface area contributed by atoms with Crippen molar-refractivity contribution in [2.45, 2.75) is 38.0 Å². The van der Waals surface area contributed by atoms with E-state index in [0.717, 1.165) is 29.5 Å². The number of benzene rings is 2. The maximum absolute atomic E-state index is 13.6. The van der Waals surface area contributed by atoms with Gasteiger partial charge in [0.2, 0.25) is 10.0 Å². The fraction of sp³-hybridized carbons (Fsp3) is 0.462. The van der Waals surface area contributed by atoms with Crippen molar-refractivity contribution in [3.05, 3.63) is 53.6 Å². The molecular weight excluding hydrogens is 480 g/mol. The van der Waals surface area contributed by atoms with Crippen molar-refractivity contribution < 1.29 is 13.2 Å². The highest BCUT2D eigenvalue weighted by Gasteiger charge is 2.29. The van der Waals surface area contributed by atoms with Crippen LogP contribution in [0.4, 0.5) is 5.13 Å². The summed E-state index contributed by atoms with van der Waals surface area (Å²) < 4.78 is 28.8. The van der Waals surface area contributed by atoms with Crippen molar-refractivity contribution in [2.75, 3.05) is 45.2 Å². The molecule has 1 amide bonds. The Bertz CT molecular complexity index is 1290. The van der Waals surface area contributed by atoms with Gasteiger partial charge in [-0.3, -0.25) is 9.69 Å². The smallest absolute Gasteiger partial charge is 0.260 e. The van der Waals surface area contributed by atoms with Gasteiger partial charge in [0.05, 0.1) is 15.1 Å². The van der Waals surface area contributed by atoms with Gasteiger partial charge < -0.3 is 4.90 Å². The zero-order chi connectivity index (χ0) is 25.2. The zero-order valence-corrected chi connectivity index (χ0v) is 22.5. The van der Waals surface area contributed by atoms with Gasteiger partial charge in [0.15, 0.2) is 5.13 Å². The minimum absolute atomic E-state index is 0.183. The summed E-state index contributed by atoms with van der Waals surface area (Å²) in [4.78, 5) is 22.3. The fourth-order valence-electron chi connectivity index (χ4n) is 4.32. The van der Waals surface area contributed by atoms with Gasteiger partial charge in [0, 0.05) is 31.7 Å². The molecule has 4 rings (SSSR count). The molecular formula is C26H34N4O3S2. The van der Waals surface area contributed by atoms with E-state index in [1.54, 1.807) is 33.5 Å². The molecule has 1 atom stereocenters. The molecule has 35 heavy (non-hydrogen) atoms. The van der Waals surface area contributed by atoms with Gasteiger partial charge in [-0.15, -0.1) is 0 Å². The number of likely N-dealkylation sites (N-methyl/N-ethyl adjacent to an activating group) is 1. The molecule has 9 heteroatoms. The van der Waals surface area contributed by atoms with E-state index < -0.39 is 10.0 Å². The largest absolute Gasteiger partial charge is 0.308 e. The molecule has 0 N–H and O–H groups in total. The maximum atomic E-state index is 13.6. The number of fused-ring (bicyclic) bond motifs is 1. The van der Waals surface area contributed by atoms with Gasteiger partial charge in [-0.05, 0) is 81.2 Å². The van der Waals surface area contributed by atoms with E-state index in [4.69, 9.17) is 4.98 Å². The lowest BCUT2D eigenvalue weighted by atomic mass is 10.0. The highest BCUT2D eigenvalue weighted by molar-refractivity contribution is 7.89. The van der Waals surface area contributed by atoms with Crippen LogP contribution in [0.5, 0.6) is 0 Å². The molecule has 2 aromatic carbocycles. The molecule has 0 spiro atoms. The highest BCUT2D eigenvalue weighted by atomic mass is 32.2. The van der Waals surface area contributed by atoms with E-state index >= 15 is 0 Å². The van der Waals surface area contributed by atoms with E-state index in [0.29, 0.717) is 42.8 Å². The van der Waals surface area contributed by atoms with Crippen LogP contribution in [0.25, 0.3) is 10.2 Å². The van der Waals surface area contributed by atoms with Gasteiger partial charge in [-0.2, -0.15) is 4.31 Å². The van der Waals surface area contributed by atoms with Gasteiger partial charge in [0.25, 0.3) is 5.91 Å². The van der Waals surface area contributed by atoms with Crippen LogP contribution in [0.2, 0.25) is 0 Å². The lowest BCUT2D eigenvalue weighted by molar-refractivity contribution is 0.0985. The van der Waals surface area contributed by atoms with Gasteiger partial charge in [-0.25, -0.2) is 13.4 Å². The first-order chi connectivity index (χ1) is 16.7. The summed E-state index contributed by atoms with van der Waals surface area (Å²) in [6, 6.07) is 12.5. The Labute approximate surface area is 212 Å². The number of aryl methyl sites for hydroxylation is 1. The lowest BCUT2D eigenvalue weighted by Crippen LogP contribution is -2.39. The predicted octanol–water partition coefficient (Wildman–Crippen LogP) is 4.49. The van der Waals surface area contributed by atoms with Crippen molar-refractivity contribution in [1.82, 2.24) is 14.2 Å². The number of sulfonamides is 1. The second kappa shape index (κ2) is 10.7. The van der Waals surface area contributed by atoms with Crippen molar-refractivity contribution in [3.63, 3.8) is 0 Å². The summed E-state index contributed by atoms with van der Waals surface area (Å²) in [5.41, 5.74) is 2.56. The van der Waals surface area contributed by atoms with Crippen molar-refractivity contribution in [3.8, 4) is 0 Å². The van der Waals surface area contributed by atoms with Crippen LogP contribution in [0, 0.1) is 5.92 Å². The SMILES string of the molecule is CCc1ccc2nc(N(CCN(C)C)C(=O)c3ccc(S(=O)(=O)N4CCCC(C)C4)cc3)sc2c1. The third-order valence-corrected chi connectivity index (χ3v) is 9.38. The summed E-state index contributed by atoms with van der Waals surface area (Å²) in [5, 5.41) is 0.652. The van der Waals surface area contributed by atoms with E-state index in [1.165, 1.54) is 16.9 Å². The molecule has 0 bridgehead atoms. The summed E-state index contributed by atoms with van der Waals surface area (Å²) in [6.45, 7) is 6.45. The Kier molecular flexibility index (Phi) is 7.90. The number of anilines is 1. The molecule has 0 saturated carbocycles. The maximum Gasteiger partial charge on any atom is 0.260 e. The van der Waals surface area contributed by atoms with E-state index in [2.05, 4.69) is 26.0 Å². The first kappa shape index (κ1) is 25.8. The van der Waals surface area contributed by atoms with Crippen LogP contribution < -0.4 is 4.90 Å². The highest BCUT2D eigenvalue weighted by Crippen LogP contribution is 2.31. The van der Waals surface area contributed by atoms with Crippen LogP contribution in [0.3, 0.4) is 0 Å². The third-order valence-electron chi connectivity index (χ3n) is 6.46. The molecule has 188 valence electrons. The number of carbonyl (C=O) groups is 1. The van der Waals surface area contributed by atoms with Crippen LogP contribution in [0.1, 0.15) is 42.6 Å². The molecule has 2 heterocycles. The number of rotatable bonds is 8. The number of hydrogen-bond acceptors (Lipinski definition) is 6. The monoisotopic (exact) mass is 514 g/mol. The summed E-state index contributed by atoms with van der Waals surface area (Å²) in [5.74, 6) is 0.170. The van der Waals surface area contributed by atoms with E-state index in [9.17, 15) is 13.2 Å². The molecule has 0 aliphatic carbocycles. The average molecular weight is 515 g/mol. The Balaban J connectivity index is 1.61. The number of nitrogens with zero attached hydrogens (tertiary/aromatic N) is 4. The van der Waals surface area contributed by atoms with Crippen LogP contribution in [-0.4, -0.2) is 68.8 Å². The number of hydrogen-bond donors (Lipinski definition) is 0. The van der Waals surface area contributed by atoms with Crippen molar-refractivity contribution in [2.24, 2.45) is 5.92 Å². The normalized spacial score (nSPS) is 17.2. The van der Waals surface area contributed by atoms with Gasteiger partial charge in [0.1, 0.15) is 0 Å². The number of piperidine rings is 1. The Morgan fingerprint density at radius 3 is 2.54 bits per heavy atom. The van der Waals surface area contributed by atoms with Crippen molar-refractivity contribution >= 4 is 42.6 Å². The fourth-order valence-corrected chi connectivity index (χ4v) is 6.97. The average Bonchev–Trinajstić information content (AvgIpc) is 3.26. The standard InChI is InChI=1S/C26H34N4O3S2/c1-5-20-8-13-23-24(17-20)34-26(27-23)30(16-15-28(3)4)25(31)21-9-11-22(12-10-21)35(32,33)29-14-6-7-19(2)18-29/h8-13,17,19H,5-7,14-16,18H2,1-4H3. The quantitative estimate of drug-likeness (QED) is 0.443. The van der Waals surface area contributed by atoms with E-state index in [1.807, 2.05) is 25.1 Å². The Morgan fingerprint density at radius 1 is 1.14 bits per heavy atom. The molecule has 1 aliphatic heterocycles. The Hall–Kier alpha value is -2.33. The number of thiazole rings is 1. The number of amides is 1. The molecule has 1 unspecified atom stereocenters.